The Labute approximate surface area is 121 Å². The van der Waals surface area contributed by atoms with E-state index in [2.05, 4.69) is 16.0 Å². The Morgan fingerprint density at radius 3 is 3.00 bits per heavy atom. The number of hydrogen-bond donors (Lipinski definition) is 0. The normalized spacial score (nSPS) is 10.3. The molecule has 0 saturated carbocycles. The van der Waals surface area contributed by atoms with Crippen LogP contribution < -0.4 is 0 Å². The van der Waals surface area contributed by atoms with Gasteiger partial charge in [-0.25, -0.2) is 9.48 Å². The summed E-state index contributed by atoms with van der Waals surface area (Å²) in [4.78, 5) is 15.9. The number of nitrogens with zero attached hydrogens (tertiary/aromatic N) is 3. The topological polar surface area (TPSA) is 57.0 Å². The van der Waals surface area contributed by atoms with Gasteiger partial charge in [-0.1, -0.05) is 12.0 Å². The molecule has 5 heteroatoms. The first-order chi connectivity index (χ1) is 10.2. The lowest BCUT2D eigenvalue weighted by molar-refractivity contribution is 0.0595. The summed E-state index contributed by atoms with van der Waals surface area (Å²) in [7, 11) is 1.33. The number of methoxy groups -OCH3 is 1. The minimum absolute atomic E-state index is 0.251. The van der Waals surface area contributed by atoms with Crippen LogP contribution in [0.1, 0.15) is 16.1 Å². The van der Waals surface area contributed by atoms with Crippen LogP contribution >= 0.6 is 0 Å². The van der Waals surface area contributed by atoms with Gasteiger partial charge in [0.2, 0.25) is 0 Å². The van der Waals surface area contributed by atoms with Gasteiger partial charge in [0.1, 0.15) is 0 Å². The largest absolute Gasteiger partial charge is 0.464 e. The first-order valence-corrected chi connectivity index (χ1v) is 6.22. The highest BCUT2D eigenvalue weighted by Gasteiger charge is 2.18. The summed E-state index contributed by atoms with van der Waals surface area (Å²) in [5.74, 6) is 2.09. The van der Waals surface area contributed by atoms with Crippen LogP contribution in [0.4, 0.5) is 0 Å². The van der Waals surface area contributed by atoms with Crippen molar-refractivity contribution in [3.63, 3.8) is 0 Å². The average Bonchev–Trinajstić information content (AvgIpc) is 2.94. The molecule has 0 saturated heterocycles. The van der Waals surface area contributed by atoms with E-state index in [1.165, 1.54) is 7.11 Å². The standard InChI is InChI=1S/C16H11N3O2/c1-3-11-5-4-6-12(9-11)19-14-10-17-8-7-13(14)15(18-19)16(20)21-2/h1,4-10H,2H3. The van der Waals surface area contributed by atoms with E-state index in [1.54, 1.807) is 23.1 Å². The molecule has 1 aromatic carbocycles. The molecule has 5 nitrogen and oxygen atoms in total. The number of carbonyl (C=O) groups excluding carboxylic acids is 1. The fraction of sp³-hybridized carbons (Fsp3) is 0.0625. The fourth-order valence-corrected chi connectivity index (χ4v) is 2.13. The van der Waals surface area contributed by atoms with Gasteiger partial charge in [-0.05, 0) is 24.3 Å². The molecule has 0 amide bonds. The second-order valence-corrected chi connectivity index (χ2v) is 4.34. The number of hydrogen-bond acceptors (Lipinski definition) is 4. The van der Waals surface area contributed by atoms with Crippen LogP contribution in [0.3, 0.4) is 0 Å². The Morgan fingerprint density at radius 1 is 1.38 bits per heavy atom. The maximum Gasteiger partial charge on any atom is 0.359 e. The molecule has 0 unspecified atom stereocenters. The molecule has 102 valence electrons. The van der Waals surface area contributed by atoms with Gasteiger partial charge in [0.05, 0.1) is 24.5 Å². The Bertz CT molecular complexity index is 875. The number of aromatic nitrogens is 3. The number of pyridine rings is 1. The van der Waals surface area contributed by atoms with Crippen LogP contribution in [0, 0.1) is 12.3 Å². The minimum Gasteiger partial charge on any atom is -0.464 e. The maximum absolute atomic E-state index is 11.8. The zero-order valence-electron chi connectivity index (χ0n) is 11.3. The second-order valence-electron chi connectivity index (χ2n) is 4.34. The number of benzene rings is 1. The van der Waals surface area contributed by atoms with Crippen molar-refractivity contribution >= 4 is 16.9 Å². The van der Waals surface area contributed by atoms with Gasteiger partial charge in [0.15, 0.2) is 5.69 Å². The Kier molecular flexibility index (Phi) is 3.13. The van der Waals surface area contributed by atoms with Crippen LogP contribution in [0.25, 0.3) is 16.6 Å². The summed E-state index contributed by atoms with van der Waals surface area (Å²) in [6.45, 7) is 0. The summed E-state index contributed by atoms with van der Waals surface area (Å²) >= 11 is 0. The Hall–Kier alpha value is -3.13. The molecule has 0 spiro atoms. The molecule has 0 aliphatic heterocycles. The molecule has 0 bridgehead atoms. The summed E-state index contributed by atoms with van der Waals surface area (Å²) in [5.41, 5.74) is 2.46. The third-order valence-electron chi connectivity index (χ3n) is 3.12. The molecule has 2 aromatic heterocycles. The highest BCUT2D eigenvalue weighted by molar-refractivity contribution is 6.02. The number of esters is 1. The van der Waals surface area contributed by atoms with Gasteiger partial charge < -0.3 is 4.74 Å². The molecule has 21 heavy (non-hydrogen) atoms. The zero-order chi connectivity index (χ0) is 14.8. The van der Waals surface area contributed by atoms with Crippen LogP contribution in [0.2, 0.25) is 0 Å². The number of ether oxygens (including phenoxy) is 1. The van der Waals surface area contributed by atoms with Crippen LogP contribution in [0.5, 0.6) is 0 Å². The molecule has 0 atom stereocenters. The Morgan fingerprint density at radius 2 is 2.24 bits per heavy atom. The monoisotopic (exact) mass is 277 g/mol. The van der Waals surface area contributed by atoms with E-state index in [4.69, 9.17) is 11.2 Å². The summed E-state index contributed by atoms with van der Waals surface area (Å²) < 4.78 is 6.41. The molecule has 0 N–H and O–H groups in total. The van der Waals surface area contributed by atoms with E-state index in [1.807, 2.05) is 24.3 Å². The van der Waals surface area contributed by atoms with Crippen LogP contribution in [0.15, 0.2) is 42.7 Å². The van der Waals surface area contributed by atoms with Gasteiger partial charge in [-0.3, -0.25) is 4.98 Å². The van der Waals surface area contributed by atoms with Gasteiger partial charge >= 0.3 is 5.97 Å². The third kappa shape index (κ3) is 2.13. The molecule has 3 rings (SSSR count). The van der Waals surface area contributed by atoms with E-state index in [-0.39, 0.29) is 5.69 Å². The third-order valence-corrected chi connectivity index (χ3v) is 3.12. The predicted octanol–water partition coefficient (Wildman–Crippen LogP) is 2.19. The highest BCUT2D eigenvalue weighted by atomic mass is 16.5. The molecule has 0 aliphatic carbocycles. The molecular formula is C16H11N3O2. The maximum atomic E-state index is 11.8. The predicted molar refractivity (Wildman–Crippen MR) is 78.1 cm³/mol. The van der Waals surface area contributed by atoms with Crippen molar-refractivity contribution in [1.29, 1.82) is 0 Å². The Balaban J connectivity index is 2.28. The van der Waals surface area contributed by atoms with Crippen molar-refractivity contribution in [2.75, 3.05) is 7.11 Å². The number of terminal acetylenes is 1. The molecular weight excluding hydrogens is 266 g/mol. The first-order valence-electron chi connectivity index (χ1n) is 6.22. The lowest BCUT2D eigenvalue weighted by Gasteiger charge is -2.03. The van der Waals surface area contributed by atoms with Crippen molar-refractivity contribution in [2.45, 2.75) is 0 Å². The van der Waals surface area contributed by atoms with Gasteiger partial charge in [0.25, 0.3) is 0 Å². The summed E-state index contributed by atoms with van der Waals surface area (Å²) in [5, 5.41) is 5.02. The van der Waals surface area contributed by atoms with Crippen molar-refractivity contribution in [3.05, 3.63) is 54.0 Å². The number of rotatable bonds is 2. The van der Waals surface area contributed by atoms with E-state index in [9.17, 15) is 4.79 Å². The van der Waals surface area contributed by atoms with Gasteiger partial charge in [0, 0.05) is 17.1 Å². The molecule has 0 aliphatic rings. The minimum atomic E-state index is -0.488. The second kappa shape index (κ2) is 5.10. The van der Waals surface area contributed by atoms with E-state index >= 15 is 0 Å². The van der Waals surface area contributed by atoms with Gasteiger partial charge in [-0.2, -0.15) is 5.10 Å². The van der Waals surface area contributed by atoms with E-state index in [0.717, 1.165) is 11.3 Å². The smallest absolute Gasteiger partial charge is 0.359 e. The van der Waals surface area contributed by atoms with E-state index < -0.39 is 5.97 Å². The van der Waals surface area contributed by atoms with Gasteiger partial charge in [-0.15, -0.1) is 6.42 Å². The van der Waals surface area contributed by atoms with Crippen LogP contribution in [-0.2, 0) is 4.74 Å². The molecule has 0 radical (unpaired) electrons. The van der Waals surface area contributed by atoms with Crippen molar-refractivity contribution in [3.8, 4) is 18.0 Å². The lowest BCUT2D eigenvalue weighted by Crippen LogP contribution is -2.04. The SMILES string of the molecule is C#Cc1cccc(-n2nc(C(=O)OC)c3ccncc32)c1. The van der Waals surface area contributed by atoms with Crippen molar-refractivity contribution < 1.29 is 9.53 Å². The number of carbonyl (C=O) groups is 1. The molecule has 3 aromatic rings. The summed E-state index contributed by atoms with van der Waals surface area (Å²) in [6.07, 6.45) is 8.68. The quantitative estimate of drug-likeness (QED) is 0.532. The molecule has 0 fully saturated rings. The van der Waals surface area contributed by atoms with Crippen molar-refractivity contribution in [1.82, 2.24) is 14.8 Å². The van der Waals surface area contributed by atoms with Crippen molar-refractivity contribution in [2.24, 2.45) is 0 Å². The molecule has 2 heterocycles. The van der Waals surface area contributed by atoms with E-state index in [0.29, 0.717) is 10.9 Å². The lowest BCUT2D eigenvalue weighted by atomic mass is 10.2. The fourth-order valence-electron chi connectivity index (χ4n) is 2.13. The first kappa shape index (κ1) is 12.9. The summed E-state index contributed by atoms with van der Waals surface area (Å²) in [6, 6.07) is 9.08. The average molecular weight is 277 g/mol. The highest BCUT2D eigenvalue weighted by Crippen LogP contribution is 2.22. The van der Waals surface area contributed by atoms with Crippen LogP contribution in [-0.4, -0.2) is 27.8 Å². The number of fused-ring (bicyclic) bond motifs is 1. The zero-order valence-corrected chi connectivity index (χ0v) is 11.3.